The van der Waals surface area contributed by atoms with E-state index in [1.807, 2.05) is 13.8 Å². The molecule has 0 aliphatic carbocycles. The molecule has 8 heavy (non-hydrogen) atoms. The normalized spacial score (nSPS) is 10.4. The highest BCUT2D eigenvalue weighted by molar-refractivity contribution is 4.96. The van der Waals surface area contributed by atoms with Crippen molar-refractivity contribution in [3.63, 3.8) is 0 Å². The van der Waals surface area contributed by atoms with E-state index in [4.69, 9.17) is 4.52 Å². The Balaban J connectivity index is 2.77. The molecule has 0 aliphatic heterocycles. The molecule has 1 radical (unpaired) electrons. The highest BCUT2D eigenvalue weighted by atomic mass is 16.5. The minimum absolute atomic E-state index is 0.425. The largest absolute Gasteiger partial charge is 0.360 e. The van der Waals surface area contributed by atoms with E-state index in [0.717, 1.165) is 5.76 Å². The maximum Gasteiger partial charge on any atom is 0.139 e. The molecule has 0 spiro atoms. The third-order valence-corrected chi connectivity index (χ3v) is 0.980. The summed E-state index contributed by atoms with van der Waals surface area (Å²) < 4.78 is 4.79. The lowest BCUT2D eigenvalue weighted by Gasteiger charge is -1.92. The lowest BCUT2D eigenvalue weighted by molar-refractivity contribution is 0.370. The van der Waals surface area contributed by atoms with E-state index in [9.17, 15) is 0 Å². The first-order chi connectivity index (χ1) is 3.80. The van der Waals surface area contributed by atoms with Gasteiger partial charge in [0, 0.05) is 12.0 Å². The smallest absolute Gasteiger partial charge is 0.139 e. The molecule has 2 heteroatoms. The topological polar surface area (TPSA) is 26.0 Å². The molecular weight excluding hydrogens is 102 g/mol. The van der Waals surface area contributed by atoms with Gasteiger partial charge in [-0.25, -0.2) is 0 Å². The van der Waals surface area contributed by atoms with Crippen LogP contribution in [0.1, 0.15) is 25.5 Å². The second-order valence-corrected chi connectivity index (χ2v) is 2.01. The fraction of sp³-hybridized carbons (Fsp3) is 0.500. The summed E-state index contributed by atoms with van der Waals surface area (Å²) in [6.07, 6.45) is 2.59. The predicted octanol–water partition coefficient (Wildman–Crippen LogP) is 1.60. The number of hydrogen-bond donors (Lipinski definition) is 0. The zero-order valence-corrected chi connectivity index (χ0v) is 5.01. The summed E-state index contributed by atoms with van der Waals surface area (Å²) in [6, 6.07) is 1.75. The molecule has 0 saturated carbocycles. The highest BCUT2D eigenvalue weighted by Gasteiger charge is 2.00. The maximum absolute atomic E-state index is 4.79. The van der Waals surface area contributed by atoms with Crippen molar-refractivity contribution in [1.29, 1.82) is 0 Å². The molecule has 0 saturated heterocycles. The molecule has 0 aromatic carbocycles. The van der Waals surface area contributed by atoms with E-state index < -0.39 is 0 Å². The van der Waals surface area contributed by atoms with Crippen molar-refractivity contribution in [2.24, 2.45) is 0 Å². The fourth-order valence-corrected chi connectivity index (χ4v) is 0.467. The summed E-state index contributed by atoms with van der Waals surface area (Å²) in [5.74, 6) is 1.32. The predicted molar refractivity (Wildman–Crippen MR) is 29.4 cm³/mol. The van der Waals surface area contributed by atoms with Crippen molar-refractivity contribution in [3.8, 4) is 0 Å². The summed E-state index contributed by atoms with van der Waals surface area (Å²) in [6.45, 7) is 4.10. The van der Waals surface area contributed by atoms with Gasteiger partial charge in [0.2, 0.25) is 0 Å². The van der Waals surface area contributed by atoms with E-state index in [2.05, 4.69) is 11.4 Å². The van der Waals surface area contributed by atoms with E-state index in [1.165, 1.54) is 0 Å². The Hall–Kier alpha value is -0.790. The Morgan fingerprint density at radius 3 is 2.75 bits per heavy atom. The standard InChI is InChI=1S/C6H8NO/c1-5(2)6-3-4-7-8-6/h3,5H,1-2H3. The Labute approximate surface area is 48.5 Å². The fourth-order valence-electron chi connectivity index (χ4n) is 0.467. The monoisotopic (exact) mass is 110 g/mol. The van der Waals surface area contributed by atoms with Gasteiger partial charge in [-0.2, -0.15) is 0 Å². The van der Waals surface area contributed by atoms with Crippen LogP contribution < -0.4 is 0 Å². The molecular formula is C6H8NO. The Morgan fingerprint density at radius 2 is 2.50 bits per heavy atom. The van der Waals surface area contributed by atoms with Crippen LogP contribution in [0.3, 0.4) is 0 Å². The molecule has 1 heterocycles. The zero-order valence-electron chi connectivity index (χ0n) is 5.01. The van der Waals surface area contributed by atoms with Crippen LogP contribution in [-0.2, 0) is 0 Å². The Bertz CT molecular complexity index is 144. The molecule has 0 fully saturated rings. The van der Waals surface area contributed by atoms with Gasteiger partial charge in [0.1, 0.15) is 12.0 Å². The first kappa shape index (κ1) is 5.35. The van der Waals surface area contributed by atoms with Crippen molar-refractivity contribution in [1.82, 2.24) is 5.16 Å². The SMILES string of the molecule is CC(C)c1c[c]no1. The van der Waals surface area contributed by atoms with Gasteiger partial charge >= 0.3 is 0 Å². The molecule has 0 N–H and O–H groups in total. The average Bonchev–Trinajstić information content (AvgIpc) is 2.12. The van der Waals surface area contributed by atoms with Crippen LogP contribution in [0.15, 0.2) is 10.6 Å². The van der Waals surface area contributed by atoms with Crippen LogP contribution in [0.2, 0.25) is 0 Å². The quantitative estimate of drug-likeness (QED) is 0.548. The molecule has 0 bridgehead atoms. The highest BCUT2D eigenvalue weighted by Crippen LogP contribution is 2.10. The van der Waals surface area contributed by atoms with Crippen LogP contribution in [0.25, 0.3) is 0 Å². The lowest BCUT2D eigenvalue weighted by Crippen LogP contribution is -1.79. The third kappa shape index (κ3) is 0.886. The molecule has 0 unspecified atom stereocenters. The van der Waals surface area contributed by atoms with Crippen LogP contribution in [0.4, 0.5) is 0 Å². The van der Waals surface area contributed by atoms with Gasteiger partial charge < -0.3 is 4.52 Å². The van der Waals surface area contributed by atoms with Gasteiger partial charge in [0.05, 0.1) is 0 Å². The van der Waals surface area contributed by atoms with Gasteiger partial charge in [-0.1, -0.05) is 19.0 Å². The molecule has 1 aromatic rings. The number of hydrogen-bond acceptors (Lipinski definition) is 2. The van der Waals surface area contributed by atoms with Gasteiger partial charge in [0.15, 0.2) is 0 Å². The van der Waals surface area contributed by atoms with Gasteiger partial charge in [-0.15, -0.1) is 0 Å². The van der Waals surface area contributed by atoms with Gasteiger partial charge in [-0.05, 0) is 0 Å². The van der Waals surface area contributed by atoms with Crippen LogP contribution >= 0.6 is 0 Å². The summed E-state index contributed by atoms with van der Waals surface area (Å²) >= 11 is 0. The van der Waals surface area contributed by atoms with Crippen molar-refractivity contribution in [2.45, 2.75) is 19.8 Å². The van der Waals surface area contributed by atoms with E-state index in [1.54, 1.807) is 6.07 Å². The van der Waals surface area contributed by atoms with Crippen molar-refractivity contribution in [3.05, 3.63) is 18.0 Å². The lowest BCUT2D eigenvalue weighted by atomic mass is 10.2. The summed E-state index contributed by atoms with van der Waals surface area (Å²) in [4.78, 5) is 0. The van der Waals surface area contributed by atoms with E-state index in [0.29, 0.717) is 5.92 Å². The van der Waals surface area contributed by atoms with Crippen LogP contribution in [0, 0.1) is 6.20 Å². The number of nitrogens with zero attached hydrogens (tertiary/aromatic N) is 1. The van der Waals surface area contributed by atoms with E-state index in [-0.39, 0.29) is 0 Å². The summed E-state index contributed by atoms with van der Waals surface area (Å²) in [7, 11) is 0. The molecule has 2 nitrogen and oxygen atoms in total. The van der Waals surface area contributed by atoms with E-state index >= 15 is 0 Å². The zero-order chi connectivity index (χ0) is 5.98. The summed E-state index contributed by atoms with van der Waals surface area (Å²) in [5.41, 5.74) is 0. The average molecular weight is 110 g/mol. The first-order valence-corrected chi connectivity index (χ1v) is 2.63. The maximum atomic E-state index is 4.79. The van der Waals surface area contributed by atoms with Crippen LogP contribution in [0.5, 0.6) is 0 Å². The second-order valence-electron chi connectivity index (χ2n) is 2.01. The molecule has 1 rings (SSSR count). The van der Waals surface area contributed by atoms with Crippen molar-refractivity contribution >= 4 is 0 Å². The van der Waals surface area contributed by atoms with Crippen LogP contribution in [-0.4, -0.2) is 5.16 Å². The molecule has 43 valence electrons. The molecule has 0 amide bonds. The van der Waals surface area contributed by atoms with Gasteiger partial charge in [0.25, 0.3) is 0 Å². The molecule has 1 aromatic heterocycles. The van der Waals surface area contributed by atoms with Crippen molar-refractivity contribution in [2.75, 3.05) is 0 Å². The second kappa shape index (κ2) is 1.99. The third-order valence-electron chi connectivity index (χ3n) is 0.980. The Kier molecular flexibility index (Phi) is 1.33. The minimum atomic E-state index is 0.425. The molecule has 0 aliphatic rings. The minimum Gasteiger partial charge on any atom is -0.360 e. The Morgan fingerprint density at radius 1 is 1.75 bits per heavy atom. The summed E-state index contributed by atoms with van der Waals surface area (Å²) in [5, 5.41) is 3.44. The number of aromatic nitrogens is 1. The van der Waals surface area contributed by atoms with Crippen molar-refractivity contribution < 1.29 is 4.52 Å². The first-order valence-electron chi connectivity index (χ1n) is 2.63. The number of rotatable bonds is 1. The van der Waals surface area contributed by atoms with Gasteiger partial charge in [-0.3, -0.25) is 0 Å². The molecule has 0 atom stereocenters.